The zero-order valence-corrected chi connectivity index (χ0v) is 10.6. The van der Waals surface area contributed by atoms with Gasteiger partial charge in [0.15, 0.2) is 0 Å². The van der Waals surface area contributed by atoms with E-state index in [1.165, 1.54) is 6.20 Å². The molecule has 0 fully saturated rings. The van der Waals surface area contributed by atoms with Gasteiger partial charge in [-0.05, 0) is 27.9 Å². The highest BCUT2D eigenvalue weighted by molar-refractivity contribution is 5.94. The van der Waals surface area contributed by atoms with Gasteiger partial charge in [0.05, 0.1) is 11.8 Å². The Morgan fingerprint density at radius 3 is 2.76 bits per heavy atom. The Bertz CT molecular complexity index is 385. The maximum absolute atomic E-state index is 11.7. The number of aryl methyl sites for hydroxylation is 1. The van der Waals surface area contributed by atoms with Gasteiger partial charge in [0.25, 0.3) is 5.91 Å². The molecule has 6 heteroatoms. The van der Waals surface area contributed by atoms with Crippen LogP contribution in [0.25, 0.3) is 0 Å². The van der Waals surface area contributed by atoms with Gasteiger partial charge in [-0.25, -0.2) is 0 Å². The average molecular weight is 241 g/mol. The van der Waals surface area contributed by atoms with Crippen LogP contribution in [0.5, 0.6) is 0 Å². The molecule has 1 atom stereocenters. The fourth-order valence-electron chi connectivity index (χ4n) is 1.62. The number of hydrogen-bond acceptors (Lipinski definition) is 5. The van der Waals surface area contributed by atoms with Crippen LogP contribution in [-0.2, 0) is 0 Å². The molecule has 17 heavy (non-hydrogen) atoms. The molecule has 1 heterocycles. The fourth-order valence-corrected chi connectivity index (χ4v) is 1.62. The molecule has 2 N–H and O–H groups in total. The summed E-state index contributed by atoms with van der Waals surface area (Å²) in [4.78, 5) is 13.6. The van der Waals surface area contributed by atoms with Crippen molar-refractivity contribution in [3.63, 3.8) is 0 Å². The number of rotatable bonds is 5. The highest BCUT2D eigenvalue weighted by Gasteiger charge is 2.23. The van der Waals surface area contributed by atoms with Crippen molar-refractivity contribution < 1.29 is 14.4 Å². The number of carbonyl (C=O) groups is 1. The third-order valence-corrected chi connectivity index (χ3v) is 2.28. The first-order chi connectivity index (χ1) is 7.82. The van der Waals surface area contributed by atoms with Gasteiger partial charge < -0.3 is 19.8 Å². The third kappa shape index (κ3) is 4.16. The summed E-state index contributed by atoms with van der Waals surface area (Å²) in [5, 5.41) is 16.2. The quantitative estimate of drug-likeness (QED) is 0.760. The van der Waals surface area contributed by atoms with E-state index in [1.807, 2.05) is 19.0 Å². The Balaban J connectivity index is 2.51. The van der Waals surface area contributed by atoms with E-state index in [9.17, 15) is 9.90 Å². The molecule has 1 rings (SSSR count). The highest BCUT2D eigenvalue weighted by Crippen LogP contribution is 2.07. The molecule has 1 aromatic rings. The summed E-state index contributed by atoms with van der Waals surface area (Å²) in [6, 6.07) is 0. The molecule has 0 aliphatic rings. The molecule has 0 saturated carbocycles. The van der Waals surface area contributed by atoms with E-state index >= 15 is 0 Å². The van der Waals surface area contributed by atoms with E-state index in [0.29, 0.717) is 17.9 Å². The minimum atomic E-state index is -0.968. The molecule has 6 nitrogen and oxygen atoms in total. The van der Waals surface area contributed by atoms with E-state index < -0.39 is 5.60 Å². The third-order valence-electron chi connectivity index (χ3n) is 2.28. The Morgan fingerprint density at radius 1 is 1.65 bits per heavy atom. The number of aromatic nitrogens is 1. The largest absolute Gasteiger partial charge is 0.387 e. The lowest BCUT2D eigenvalue weighted by atomic mass is 10.1. The monoisotopic (exact) mass is 241 g/mol. The lowest BCUT2D eigenvalue weighted by Crippen LogP contribution is -2.47. The molecule has 0 aromatic carbocycles. The van der Waals surface area contributed by atoms with Crippen molar-refractivity contribution in [2.75, 3.05) is 27.2 Å². The van der Waals surface area contributed by atoms with Gasteiger partial charge in [-0.3, -0.25) is 4.79 Å². The summed E-state index contributed by atoms with van der Waals surface area (Å²) in [6.45, 7) is 3.98. The van der Waals surface area contributed by atoms with Gasteiger partial charge in [0, 0.05) is 13.1 Å². The standard InChI is InChI=1S/C11H19N3O3/c1-8-9(5-13-17-8)10(15)12-6-11(2,16)7-14(3)4/h5,16H,6-7H2,1-4H3,(H,12,15). The van der Waals surface area contributed by atoms with Gasteiger partial charge in [0.2, 0.25) is 0 Å². The molecule has 0 aliphatic carbocycles. The number of likely N-dealkylation sites (N-methyl/N-ethyl adjacent to an activating group) is 1. The molecule has 96 valence electrons. The van der Waals surface area contributed by atoms with Crippen LogP contribution >= 0.6 is 0 Å². The van der Waals surface area contributed by atoms with Crippen LogP contribution in [0, 0.1) is 6.92 Å². The number of hydrogen-bond donors (Lipinski definition) is 2. The van der Waals surface area contributed by atoms with E-state index in [-0.39, 0.29) is 12.5 Å². The first kappa shape index (κ1) is 13.7. The van der Waals surface area contributed by atoms with E-state index in [4.69, 9.17) is 4.52 Å². The lowest BCUT2D eigenvalue weighted by molar-refractivity contribution is 0.0325. The maximum atomic E-state index is 11.7. The zero-order chi connectivity index (χ0) is 13.1. The minimum absolute atomic E-state index is 0.175. The first-order valence-corrected chi connectivity index (χ1v) is 5.38. The summed E-state index contributed by atoms with van der Waals surface area (Å²) < 4.78 is 4.80. The lowest BCUT2D eigenvalue weighted by Gasteiger charge is -2.26. The van der Waals surface area contributed by atoms with Gasteiger partial charge in [-0.2, -0.15) is 0 Å². The second kappa shape index (κ2) is 5.29. The first-order valence-electron chi connectivity index (χ1n) is 5.38. The summed E-state index contributed by atoms with van der Waals surface area (Å²) in [5.41, 5.74) is -0.574. The highest BCUT2D eigenvalue weighted by atomic mass is 16.5. The van der Waals surface area contributed by atoms with Crippen LogP contribution in [0.1, 0.15) is 23.0 Å². The van der Waals surface area contributed by atoms with E-state index in [0.717, 1.165) is 0 Å². The molecule has 0 spiro atoms. The average Bonchev–Trinajstić information content (AvgIpc) is 2.59. The van der Waals surface area contributed by atoms with Gasteiger partial charge in [-0.15, -0.1) is 0 Å². The number of nitrogens with zero attached hydrogens (tertiary/aromatic N) is 2. The molecule has 0 saturated heterocycles. The fraction of sp³-hybridized carbons (Fsp3) is 0.636. The second-order valence-corrected chi connectivity index (χ2v) is 4.71. The number of amides is 1. The molecule has 1 aromatic heterocycles. The molecular weight excluding hydrogens is 222 g/mol. The van der Waals surface area contributed by atoms with Crippen LogP contribution in [-0.4, -0.2) is 53.9 Å². The predicted molar refractivity (Wildman–Crippen MR) is 62.8 cm³/mol. The Labute approximate surface area is 101 Å². The Morgan fingerprint density at radius 2 is 2.29 bits per heavy atom. The van der Waals surface area contributed by atoms with Crippen molar-refractivity contribution in [1.82, 2.24) is 15.4 Å². The van der Waals surface area contributed by atoms with Crippen LogP contribution in [0.15, 0.2) is 10.7 Å². The molecule has 1 unspecified atom stereocenters. The van der Waals surface area contributed by atoms with Crippen molar-refractivity contribution in [2.24, 2.45) is 0 Å². The van der Waals surface area contributed by atoms with Crippen LogP contribution in [0.4, 0.5) is 0 Å². The van der Waals surface area contributed by atoms with Crippen LogP contribution in [0.2, 0.25) is 0 Å². The Kier molecular flexibility index (Phi) is 4.25. The van der Waals surface area contributed by atoms with Crippen molar-refractivity contribution in [3.05, 3.63) is 17.5 Å². The topological polar surface area (TPSA) is 78.6 Å². The Hall–Kier alpha value is -1.40. The summed E-state index contributed by atoms with van der Waals surface area (Å²) in [7, 11) is 3.72. The summed E-state index contributed by atoms with van der Waals surface area (Å²) >= 11 is 0. The molecule has 0 bridgehead atoms. The molecule has 0 aliphatic heterocycles. The van der Waals surface area contributed by atoms with Gasteiger partial charge >= 0.3 is 0 Å². The smallest absolute Gasteiger partial charge is 0.256 e. The maximum Gasteiger partial charge on any atom is 0.256 e. The van der Waals surface area contributed by atoms with Crippen molar-refractivity contribution in [2.45, 2.75) is 19.4 Å². The molecule has 1 amide bonds. The zero-order valence-electron chi connectivity index (χ0n) is 10.6. The second-order valence-electron chi connectivity index (χ2n) is 4.71. The van der Waals surface area contributed by atoms with Crippen molar-refractivity contribution in [1.29, 1.82) is 0 Å². The predicted octanol–water partition coefficient (Wildman–Crippen LogP) is 0.0254. The van der Waals surface area contributed by atoms with Gasteiger partial charge in [-0.1, -0.05) is 5.16 Å². The SMILES string of the molecule is Cc1oncc1C(=O)NCC(C)(O)CN(C)C. The van der Waals surface area contributed by atoms with E-state index in [1.54, 1.807) is 13.8 Å². The molecule has 0 radical (unpaired) electrons. The number of aliphatic hydroxyl groups is 1. The minimum Gasteiger partial charge on any atom is -0.387 e. The van der Waals surface area contributed by atoms with Crippen LogP contribution < -0.4 is 5.32 Å². The molecular formula is C11H19N3O3. The summed E-state index contributed by atoms with van der Waals surface area (Å²) in [5.74, 6) is 0.178. The normalized spacial score (nSPS) is 14.7. The number of carbonyl (C=O) groups excluding carboxylic acids is 1. The summed E-state index contributed by atoms with van der Waals surface area (Å²) in [6.07, 6.45) is 1.37. The van der Waals surface area contributed by atoms with E-state index in [2.05, 4.69) is 10.5 Å². The van der Waals surface area contributed by atoms with Crippen LogP contribution in [0.3, 0.4) is 0 Å². The number of nitrogens with one attached hydrogen (secondary N) is 1. The van der Waals surface area contributed by atoms with Gasteiger partial charge in [0.1, 0.15) is 11.3 Å². The van der Waals surface area contributed by atoms with Crippen molar-refractivity contribution >= 4 is 5.91 Å². The van der Waals surface area contributed by atoms with Crippen molar-refractivity contribution in [3.8, 4) is 0 Å².